The van der Waals surface area contributed by atoms with E-state index in [4.69, 9.17) is 16.7 Å². The Morgan fingerprint density at radius 1 is 1.16 bits per heavy atom. The van der Waals surface area contributed by atoms with Crippen LogP contribution in [-0.4, -0.2) is 70.1 Å². The average Bonchev–Trinajstić information content (AvgIpc) is 3.08. The van der Waals surface area contributed by atoms with Crippen molar-refractivity contribution in [1.29, 1.82) is 0 Å². The maximum Gasteiger partial charge on any atom is 0.305 e. The maximum absolute atomic E-state index is 13.9. The number of amides is 4. The monoisotopic (exact) mass is 550 g/mol. The fourth-order valence-electron chi connectivity index (χ4n) is 4.64. The molecule has 1 aromatic rings. The van der Waals surface area contributed by atoms with Gasteiger partial charge in [-0.2, -0.15) is 0 Å². The molecule has 2 rings (SSSR count). The molecule has 0 bridgehead atoms. The van der Waals surface area contributed by atoms with Gasteiger partial charge in [-0.15, -0.1) is 0 Å². The number of hydrogen-bond donors (Lipinski definition) is 4. The summed E-state index contributed by atoms with van der Waals surface area (Å²) < 4.78 is 0. The van der Waals surface area contributed by atoms with E-state index in [-0.39, 0.29) is 28.5 Å². The van der Waals surface area contributed by atoms with E-state index in [0.717, 1.165) is 0 Å². The van der Waals surface area contributed by atoms with Gasteiger partial charge in [0.05, 0.1) is 23.0 Å². The molecule has 1 aliphatic rings. The summed E-state index contributed by atoms with van der Waals surface area (Å²) in [7, 11) is 0. The Kier molecular flexibility index (Phi) is 10.0. The van der Waals surface area contributed by atoms with Gasteiger partial charge in [-0.3, -0.25) is 24.0 Å². The first-order chi connectivity index (χ1) is 17.6. The van der Waals surface area contributed by atoms with Crippen molar-refractivity contribution < 1.29 is 33.9 Å². The highest BCUT2D eigenvalue weighted by molar-refractivity contribution is 6.34. The molecule has 38 heavy (non-hydrogen) atoms. The molecule has 5 unspecified atom stereocenters. The van der Waals surface area contributed by atoms with Gasteiger partial charge in [0.1, 0.15) is 18.4 Å². The third-order valence-corrected chi connectivity index (χ3v) is 6.67. The van der Waals surface area contributed by atoms with Crippen molar-refractivity contribution in [2.24, 2.45) is 11.3 Å². The van der Waals surface area contributed by atoms with Gasteiger partial charge >= 0.3 is 5.97 Å². The third-order valence-electron chi connectivity index (χ3n) is 6.36. The van der Waals surface area contributed by atoms with Gasteiger partial charge in [0.15, 0.2) is 0 Å². The van der Waals surface area contributed by atoms with Gasteiger partial charge < -0.3 is 30.8 Å². The zero-order valence-electron chi connectivity index (χ0n) is 22.3. The topological polar surface area (TPSA) is 162 Å². The molecular formula is C26H35ClN4O7. The summed E-state index contributed by atoms with van der Waals surface area (Å²) in [6.07, 6.45) is 0.262. The summed E-state index contributed by atoms with van der Waals surface area (Å²) in [5.41, 5.74) is -0.258. The smallest absolute Gasteiger partial charge is 0.305 e. The van der Waals surface area contributed by atoms with Crippen molar-refractivity contribution in [2.45, 2.75) is 78.6 Å². The molecule has 11 nitrogen and oxygen atoms in total. The van der Waals surface area contributed by atoms with Crippen LogP contribution in [0, 0.1) is 11.3 Å². The molecule has 0 aromatic heterocycles. The van der Waals surface area contributed by atoms with Crippen LogP contribution >= 0.6 is 11.6 Å². The number of carboxylic acid groups (broad SMARTS) is 1. The van der Waals surface area contributed by atoms with E-state index in [1.165, 1.54) is 30.0 Å². The lowest BCUT2D eigenvalue weighted by molar-refractivity contribution is -0.145. The van der Waals surface area contributed by atoms with E-state index >= 15 is 0 Å². The van der Waals surface area contributed by atoms with Crippen LogP contribution in [0.15, 0.2) is 18.2 Å². The maximum atomic E-state index is 13.9. The van der Waals surface area contributed by atoms with Gasteiger partial charge in [-0.1, -0.05) is 39.3 Å². The van der Waals surface area contributed by atoms with E-state index in [9.17, 15) is 28.8 Å². The Labute approximate surface area is 226 Å². The highest BCUT2D eigenvalue weighted by Gasteiger charge is 2.48. The number of benzene rings is 1. The van der Waals surface area contributed by atoms with Crippen LogP contribution in [0.2, 0.25) is 5.02 Å². The summed E-state index contributed by atoms with van der Waals surface area (Å²) >= 11 is 6.29. The Hall–Kier alpha value is -3.47. The highest BCUT2D eigenvalue weighted by Crippen LogP contribution is 2.33. The minimum absolute atomic E-state index is 0.0765. The molecule has 4 N–H and O–H groups in total. The first-order valence-electron chi connectivity index (χ1n) is 12.2. The SMILES string of the molecule is CC(=O)Nc1ccc(C(=O)NC(C(=O)N2C(C)CC(C)C2C(=O)NC(C=O)CC(=O)O)C(C)(C)C)c(Cl)c1. The van der Waals surface area contributed by atoms with Crippen molar-refractivity contribution in [3.8, 4) is 0 Å². The lowest BCUT2D eigenvalue weighted by atomic mass is 9.85. The summed E-state index contributed by atoms with van der Waals surface area (Å²) in [6, 6.07) is 0.774. The second-order valence-electron chi connectivity index (χ2n) is 10.7. The van der Waals surface area contributed by atoms with Gasteiger partial charge in [0.25, 0.3) is 5.91 Å². The van der Waals surface area contributed by atoms with Crippen LogP contribution in [-0.2, 0) is 24.0 Å². The number of carbonyl (C=O) groups is 6. The molecule has 4 amide bonds. The number of carbonyl (C=O) groups excluding carboxylic acids is 5. The number of likely N-dealkylation sites (tertiary alicyclic amines) is 1. The quantitative estimate of drug-likeness (QED) is 0.343. The Morgan fingerprint density at radius 3 is 2.29 bits per heavy atom. The van der Waals surface area contributed by atoms with Gasteiger partial charge in [-0.05, 0) is 42.9 Å². The predicted molar refractivity (Wildman–Crippen MR) is 141 cm³/mol. The molecule has 0 radical (unpaired) electrons. The Bertz CT molecular complexity index is 1120. The van der Waals surface area contributed by atoms with Crippen molar-refractivity contribution in [1.82, 2.24) is 15.5 Å². The first-order valence-corrected chi connectivity index (χ1v) is 12.6. The van der Waals surface area contributed by atoms with Crippen molar-refractivity contribution >= 4 is 53.2 Å². The molecular weight excluding hydrogens is 516 g/mol. The molecule has 12 heteroatoms. The Morgan fingerprint density at radius 2 is 1.79 bits per heavy atom. The number of rotatable bonds is 9. The van der Waals surface area contributed by atoms with Gasteiger partial charge in [-0.25, -0.2) is 0 Å². The molecule has 208 valence electrons. The van der Waals surface area contributed by atoms with Gasteiger partial charge in [0, 0.05) is 18.7 Å². The van der Waals surface area contributed by atoms with Crippen LogP contribution < -0.4 is 16.0 Å². The van der Waals surface area contributed by atoms with E-state index in [0.29, 0.717) is 18.4 Å². The first kappa shape index (κ1) is 30.8. The molecule has 1 aliphatic heterocycles. The molecule has 0 saturated carbocycles. The number of aliphatic carboxylic acids is 1. The zero-order chi connectivity index (χ0) is 28.9. The van der Waals surface area contributed by atoms with Crippen LogP contribution in [0.1, 0.15) is 64.7 Å². The fraction of sp³-hybridized carbons (Fsp3) is 0.538. The van der Waals surface area contributed by atoms with Crippen LogP contribution in [0.25, 0.3) is 0 Å². The second kappa shape index (κ2) is 12.4. The number of nitrogens with zero attached hydrogens (tertiary/aromatic N) is 1. The molecule has 1 fully saturated rings. The molecule has 1 aromatic carbocycles. The number of nitrogens with one attached hydrogen (secondary N) is 3. The Balaban J connectivity index is 2.33. The number of carboxylic acids is 1. The average molecular weight is 551 g/mol. The summed E-state index contributed by atoms with van der Waals surface area (Å²) in [5, 5.41) is 16.8. The zero-order valence-corrected chi connectivity index (χ0v) is 23.1. The van der Waals surface area contributed by atoms with Gasteiger partial charge in [0.2, 0.25) is 17.7 Å². The molecule has 1 saturated heterocycles. The minimum Gasteiger partial charge on any atom is -0.481 e. The third kappa shape index (κ3) is 7.53. The highest BCUT2D eigenvalue weighted by atomic mass is 35.5. The minimum atomic E-state index is -1.25. The van der Waals surface area contributed by atoms with Crippen LogP contribution in [0.3, 0.4) is 0 Å². The van der Waals surface area contributed by atoms with Crippen molar-refractivity contribution in [3.05, 3.63) is 28.8 Å². The number of hydrogen-bond acceptors (Lipinski definition) is 6. The van der Waals surface area contributed by atoms with Crippen molar-refractivity contribution in [3.63, 3.8) is 0 Å². The predicted octanol–water partition coefficient (Wildman–Crippen LogP) is 2.23. The largest absolute Gasteiger partial charge is 0.481 e. The lowest BCUT2D eigenvalue weighted by Gasteiger charge is -2.38. The number of anilines is 1. The summed E-state index contributed by atoms with van der Waals surface area (Å²) in [5.74, 6) is -3.56. The summed E-state index contributed by atoms with van der Waals surface area (Å²) in [6.45, 7) is 10.2. The summed E-state index contributed by atoms with van der Waals surface area (Å²) in [4.78, 5) is 75.3. The normalized spacial score (nSPS) is 20.7. The standard InChI is InChI=1S/C26H35ClN4O7/c1-13-9-14(2)31(21(13)24(37)29-17(12-32)11-20(34)35)25(38)22(26(4,5)6)30-23(36)18-8-7-16(10-19(18)27)28-15(3)33/h7-8,10,12-14,17,21-22H,9,11H2,1-6H3,(H,28,33)(H,29,37)(H,30,36)(H,34,35). The molecule has 0 spiro atoms. The second-order valence-corrected chi connectivity index (χ2v) is 11.2. The number of aldehydes is 1. The number of halogens is 1. The molecule has 1 heterocycles. The fourth-order valence-corrected chi connectivity index (χ4v) is 4.91. The van der Waals surface area contributed by atoms with E-state index < -0.39 is 53.7 Å². The van der Waals surface area contributed by atoms with Crippen LogP contribution in [0.4, 0.5) is 5.69 Å². The molecule has 0 aliphatic carbocycles. The van der Waals surface area contributed by atoms with Crippen LogP contribution in [0.5, 0.6) is 0 Å². The van der Waals surface area contributed by atoms with E-state index in [2.05, 4.69) is 16.0 Å². The lowest BCUT2D eigenvalue weighted by Crippen LogP contribution is -2.60. The van der Waals surface area contributed by atoms with E-state index in [1.807, 2.05) is 0 Å². The van der Waals surface area contributed by atoms with Crippen molar-refractivity contribution in [2.75, 3.05) is 5.32 Å². The molecule has 5 atom stereocenters. The van der Waals surface area contributed by atoms with E-state index in [1.54, 1.807) is 34.6 Å².